The summed E-state index contributed by atoms with van der Waals surface area (Å²) in [5.74, 6) is 0.646. The number of carbonyl (C=O) groups excluding carboxylic acids is 1. The van der Waals surface area contributed by atoms with Gasteiger partial charge in [-0.2, -0.15) is 0 Å². The lowest BCUT2D eigenvalue weighted by Gasteiger charge is -2.17. The van der Waals surface area contributed by atoms with Crippen LogP contribution in [0.5, 0.6) is 0 Å². The molecular formula is C12H23NO4. The molecule has 0 aromatic heterocycles. The van der Waals surface area contributed by atoms with Crippen molar-refractivity contribution < 1.29 is 19.4 Å². The summed E-state index contributed by atoms with van der Waals surface area (Å²) < 4.78 is 9.92. The maximum absolute atomic E-state index is 11.6. The summed E-state index contributed by atoms with van der Waals surface area (Å²) in [7, 11) is 1.79. The molecule has 100 valence electrons. The summed E-state index contributed by atoms with van der Waals surface area (Å²) >= 11 is 0. The van der Waals surface area contributed by atoms with Crippen LogP contribution < -0.4 is 0 Å². The summed E-state index contributed by atoms with van der Waals surface area (Å²) in [5.41, 5.74) is 0. The van der Waals surface area contributed by atoms with Gasteiger partial charge in [0.25, 0.3) is 0 Å². The monoisotopic (exact) mass is 245 g/mol. The number of nitrogens with zero attached hydrogens (tertiary/aromatic N) is 1. The molecule has 1 amide bonds. The zero-order chi connectivity index (χ0) is 12.8. The minimum atomic E-state index is -0.700. The number of rotatable bonds is 8. The van der Waals surface area contributed by atoms with Crippen molar-refractivity contribution in [3.8, 4) is 0 Å². The normalized spacial score (nSPS) is 22.9. The van der Waals surface area contributed by atoms with E-state index in [4.69, 9.17) is 14.6 Å². The van der Waals surface area contributed by atoms with E-state index < -0.39 is 6.29 Å². The Morgan fingerprint density at radius 1 is 1.53 bits per heavy atom. The molecule has 2 unspecified atom stereocenters. The molecule has 5 nitrogen and oxygen atoms in total. The number of hydrogen-bond acceptors (Lipinski definition) is 4. The second-order valence-corrected chi connectivity index (χ2v) is 4.93. The van der Waals surface area contributed by atoms with Gasteiger partial charge in [0, 0.05) is 13.6 Å². The van der Waals surface area contributed by atoms with Gasteiger partial charge in [-0.3, -0.25) is 4.79 Å². The van der Waals surface area contributed by atoms with Gasteiger partial charge < -0.3 is 19.5 Å². The molecule has 2 atom stereocenters. The zero-order valence-corrected chi connectivity index (χ0v) is 10.9. The lowest BCUT2D eigenvalue weighted by atomic mass is 10.1. The first-order valence-corrected chi connectivity index (χ1v) is 6.16. The Bertz CT molecular complexity index is 245. The van der Waals surface area contributed by atoms with Gasteiger partial charge in [-0.05, 0) is 18.8 Å². The van der Waals surface area contributed by atoms with Crippen LogP contribution >= 0.6 is 0 Å². The Kier molecular flexibility index (Phi) is 5.88. The Hall–Kier alpha value is -0.650. The average molecular weight is 245 g/mol. The van der Waals surface area contributed by atoms with Crippen LogP contribution in [0.1, 0.15) is 26.7 Å². The van der Waals surface area contributed by atoms with Crippen LogP contribution in [0.3, 0.4) is 0 Å². The van der Waals surface area contributed by atoms with Crippen molar-refractivity contribution in [2.24, 2.45) is 5.92 Å². The fourth-order valence-corrected chi connectivity index (χ4v) is 1.49. The minimum absolute atomic E-state index is 0.0242. The first kappa shape index (κ1) is 14.4. The summed E-state index contributed by atoms with van der Waals surface area (Å²) in [6.07, 6.45) is 1.20. The smallest absolute Gasteiger partial charge is 0.248 e. The molecule has 5 heteroatoms. The predicted molar refractivity (Wildman–Crippen MR) is 63.4 cm³/mol. The zero-order valence-electron chi connectivity index (χ0n) is 10.9. The molecule has 0 aliphatic carbocycles. The topological polar surface area (TPSA) is 62.3 Å². The van der Waals surface area contributed by atoms with Crippen LogP contribution in [0.2, 0.25) is 0 Å². The van der Waals surface area contributed by atoms with Gasteiger partial charge in [0.2, 0.25) is 5.91 Å². The van der Waals surface area contributed by atoms with E-state index in [0.717, 1.165) is 19.4 Å². The van der Waals surface area contributed by atoms with Crippen molar-refractivity contribution in [3.05, 3.63) is 0 Å². The van der Waals surface area contributed by atoms with Gasteiger partial charge >= 0.3 is 0 Å². The van der Waals surface area contributed by atoms with Crippen molar-refractivity contribution in [1.29, 1.82) is 0 Å². The third kappa shape index (κ3) is 6.00. The van der Waals surface area contributed by atoms with Crippen LogP contribution in [0.25, 0.3) is 0 Å². The van der Waals surface area contributed by atoms with E-state index in [1.165, 1.54) is 0 Å². The van der Waals surface area contributed by atoms with Gasteiger partial charge in [0.15, 0.2) is 6.29 Å². The van der Waals surface area contributed by atoms with E-state index in [0.29, 0.717) is 5.92 Å². The third-order valence-electron chi connectivity index (χ3n) is 2.76. The predicted octanol–water partition coefficient (Wildman–Crippen LogP) is 0.615. The lowest BCUT2D eigenvalue weighted by molar-refractivity contribution is -0.135. The van der Waals surface area contributed by atoms with Crippen molar-refractivity contribution in [2.45, 2.75) is 39.1 Å². The highest BCUT2D eigenvalue weighted by Crippen LogP contribution is 2.18. The standard InChI is InChI=1S/C12H23NO4/c1-9(2)5-4-6-13(3)11(14)8-16-7-10-12(15)17-10/h9-10,12,15H,4-8H2,1-3H3. The van der Waals surface area contributed by atoms with E-state index in [1.54, 1.807) is 11.9 Å². The van der Waals surface area contributed by atoms with Gasteiger partial charge in [-0.1, -0.05) is 13.8 Å². The molecule has 0 aromatic rings. The Morgan fingerprint density at radius 3 is 2.71 bits per heavy atom. The maximum atomic E-state index is 11.6. The second kappa shape index (κ2) is 6.93. The first-order chi connectivity index (χ1) is 8.00. The van der Waals surface area contributed by atoms with Gasteiger partial charge in [0.1, 0.15) is 12.7 Å². The summed E-state index contributed by atoms with van der Waals surface area (Å²) in [4.78, 5) is 13.3. The molecule has 0 spiro atoms. The molecule has 0 radical (unpaired) electrons. The van der Waals surface area contributed by atoms with Crippen LogP contribution in [0, 0.1) is 5.92 Å². The second-order valence-electron chi connectivity index (χ2n) is 4.93. The highest BCUT2D eigenvalue weighted by atomic mass is 16.7. The van der Waals surface area contributed by atoms with Gasteiger partial charge in [-0.15, -0.1) is 0 Å². The number of aliphatic hydroxyl groups is 1. The average Bonchev–Trinajstić information content (AvgIpc) is 2.93. The molecule has 0 aromatic carbocycles. The Labute approximate surface area is 103 Å². The number of likely N-dealkylation sites (N-methyl/N-ethyl adjacent to an activating group) is 1. The van der Waals surface area contributed by atoms with Crippen molar-refractivity contribution in [2.75, 3.05) is 26.8 Å². The Balaban J connectivity index is 2.01. The van der Waals surface area contributed by atoms with E-state index >= 15 is 0 Å². The van der Waals surface area contributed by atoms with Crippen LogP contribution in [0.4, 0.5) is 0 Å². The molecule has 17 heavy (non-hydrogen) atoms. The summed E-state index contributed by atoms with van der Waals surface area (Å²) in [6.45, 7) is 5.46. The van der Waals surface area contributed by atoms with Crippen molar-refractivity contribution >= 4 is 5.91 Å². The molecule has 1 aliphatic heterocycles. The van der Waals surface area contributed by atoms with E-state index in [9.17, 15) is 4.79 Å². The maximum Gasteiger partial charge on any atom is 0.248 e. The third-order valence-corrected chi connectivity index (χ3v) is 2.76. The highest BCUT2D eigenvalue weighted by Gasteiger charge is 2.37. The molecule has 0 saturated carbocycles. The quantitative estimate of drug-likeness (QED) is 0.637. The lowest BCUT2D eigenvalue weighted by Crippen LogP contribution is -2.31. The minimum Gasteiger partial charge on any atom is -0.369 e. The molecule has 1 saturated heterocycles. The number of epoxide rings is 1. The van der Waals surface area contributed by atoms with Crippen molar-refractivity contribution in [1.82, 2.24) is 4.90 Å². The molecule has 1 aliphatic rings. The number of amides is 1. The molecule has 1 fully saturated rings. The highest BCUT2D eigenvalue weighted by molar-refractivity contribution is 5.77. The Morgan fingerprint density at radius 2 is 2.18 bits per heavy atom. The summed E-state index contributed by atoms with van der Waals surface area (Å²) in [5, 5.41) is 8.87. The largest absolute Gasteiger partial charge is 0.369 e. The van der Waals surface area contributed by atoms with Gasteiger partial charge in [-0.25, -0.2) is 0 Å². The van der Waals surface area contributed by atoms with E-state index in [-0.39, 0.29) is 25.2 Å². The fraction of sp³-hybridized carbons (Fsp3) is 0.917. The van der Waals surface area contributed by atoms with Crippen LogP contribution in [0.15, 0.2) is 0 Å². The number of carbonyl (C=O) groups is 1. The molecular weight excluding hydrogens is 222 g/mol. The molecule has 1 rings (SSSR count). The summed E-state index contributed by atoms with van der Waals surface area (Å²) in [6, 6.07) is 0. The van der Waals surface area contributed by atoms with E-state index in [1.807, 2.05) is 0 Å². The van der Waals surface area contributed by atoms with Gasteiger partial charge in [0.05, 0.1) is 6.61 Å². The van der Waals surface area contributed by atoms with Crippen LogP contribution in [-0.2, 0) is 14.3 Å². The van der Waals surface area contributed by atoms with E-state index in [2.05, 4.69) is 13.8 Å². The SMILES string of the molecule is CC(C)CCCN(C)C(=O)COCC1OC1O. The fourth-order valence-electron chi connectivity index (χ4n) is 1.49. The number of hydrogen-bond donors (Lipinski definition) is 1. The van der Waals surface area contributed by atoms with Crippen LogP contribution in [-0.4, -0.2) is 55.1 Å². The number of aliphatic hydroxyl groups excluding tert-OH is 1. The molecule has 0 bridgehead atoms. The molecule has 1 heterocycles. The molecule has 1 N–H and O–H groups in total. The van der Waals surface area contributed by atoms with Crippen molar-refractivity contribution in [3.63, 3.8) is 0 Å². The number of ether oxygens (including phenoxy) is 2. The first-order valence-electron chi connectivity index (χ1n) is 6.16.